The first-order valence-corrected chi connectivity index (χ1v) is 9.87. The minimum absolute atomic E-state index is 0.0131. The van der Waals surface area contributed by atoms with Gasteiger partial charge in [-0.3, -0.25) is 0 Å². The van der Waals surface area contributed by atoms with Crippen molar-refractivity contribution in [2.24, 2.45) is 0 Å². The predicted octanol–water partition coefficient (Wildman–Crippen LogP) is 4.34. The molecule has 0 radical (unpaired) electrons. The summed E-state index contributed by atoms with van der Waals surface area (Å²) in [6.07, 6.45) is 1.25. The molecule has 0 saturated carbocycles. The van der Waals surface area contributed by atoms with Crippen LogP contribution in [0.1, 0.15) is 15.9 Å². The lowest BCUT2D eigenvalue weighted by Crippen LogP contribution is -2.05. The van der Waals surface area contributed by atoms with Crippen molar-refractivity contribution in [3.05, 3.63) is 67.4 Å². The SMILES string of the molecule is COC(=O)c1ccc(/C=C(\C#N)S(=O)(=O)c2cc(Br)ccc2Br)cc1. The van der Waals surface area contributed by atoms with Gasteiger partial charge in [-0.1, -0.05) is 28.1 Å². The maximum Gasteiger partial charge on any atom is 0.337 e. The Morgan fingerprint density at radius 1 is 1.16 bits per heavy atom. The van der Waals surface area contributed by atoms with E-state index in [1.54, 1.807) is 18.2 Å². The molecule has 2 rings (SSSR count). The molecule has 25 heavy (non-hydrogen) atoms. The summed E-state index contributed by atoms with van der Waals surface area (Å²) >= 11 is 6.42. The molecule has 0 aliphatic carbocycles. The Labute approximate surface area is 162 Å². The molecule has 0 heterocycles. The third kappa shape index (κ3) is 4.37. The van der Waals surface area contributed by atoms with Gasteiger partial charge in [-0.2, -0.15) is 5.26 Å². The van der Waals surface area contributed by atoms with Gasteiger partial charge in [-0.25, -0.2) is 13.2 Å². The molecule has 128 valence electrons. The van der Waals surface area contributed by atoms with Gasteiger partial charge in [0.1, 0.15) is 11.0 Å². The summed E-state index contributed by atoms with van der Waals surface area (Å²) in [6, 6.07) is 12.5. The lowest BCUT2D eigenvalue weighted by molar-refractivity contribution is 0.0600. The Morgan fingerprint density at radius 2 is 1.80 bits per heavy atom. The summed E-state index contributed by atoms with van der Waals surface area (Å²) < 4.78 is 31.0. The van der Waals surface area contributed by atoms with Gasteiger partial charge in [-0.15, -0.1) is 0 Å². The van der Waals surface area contributed by atoms with E-state index >= 15 is 0 Å². The van der Waals surface area contributed by atoms with E-state index in [4.69, 9.17) is 0 Å². The van der Waals surface area contributed by atoms with Crippen LogP contribution in [0.15, 0.2) is 61.2 Å². The van der Waals surface area contributed by atoms with Gasteiger partial charge in [0.15, 0.2) is 0 Å². The zero-order chi connectivity index (χ0) is 18.6. The number of sulfone groups is 1. The number of carbonyl (C=O) groups excluding carboxylic acids is 1. The number of allylic oxidation sites excluding steroid dienone is 1. The second-order valence-electron chi connectivity index (χ2n) is 4.81. The third-order valence-electron chi connectivity index (χ3n) is 3.21. The molecule has 0 unspecified atom stereocenters. The predicted molar refractivity (Wildman–Crippen MR) is 100 cm³/mol. The van der Waals surface area contributed by atoms with Crippen molar-refractivity contribution in [1.82, 2.24) is 0 Å². The first-order chi connectivity index (χ1) is 11.8. The number of halogens is 2. The van der Waals surface area contributed by atoms with Crippen molar-refractivity contribution >= 4 is 53.7 Å². The summed E-state index contributed by atoms with van der Waals surface area (Å²) in [5.41, 5.74) is 0.801. The maximum atomic E-state index is 12.7. The molecule has 2 aromatic rings. The average Bonchev–Trinajstić information content (AvgIpc) is 2.61. The van der Waals surface area contributed by atoms with Gasteiger partial charge in [0, 0.05) is 8.95 Å². The van der Waals surface area contributed by atoms with Gasteiger partial charge in [0.25, 0.3) is 0 Å². The summed E-state index contributed by atoms with van der Waals surface area (Å²) in [6.45, 7) is 0. The monoisotopic (exact) mass is 483 g/mol. The van der Waals surface area contributed by atoms with E-state index in [1.165, 1.54) is 43.5 Å². The Morgan fingerprint density at radius 3 is 2.36 bits per heavy atom. The van der Waals surface area contributed by atoms with E-state index in [9.17, 15) is 18.5 Å². The lowest BCUT2D eigenvalue weighted by Gasteiger charge is -2.06. The molecule has 5 nitrogen and oxygen atoms in total. The van der Waals surface area contributed by atoms with E-state index in [1.807, 2.05) is 0 Å². The molecular formula is C17H11Br2NO4S. The highest BCUT2D eigenvalue weighted by molar-refractivity contribution is 9.11. The van der Waals surface area contributed by atoms with Crippen LogP contribution in [0.5, 0.6) is 0 Å². The van der Waals surface area contributed by atoms with E-state index in [0.29, 0.717) is 20.1 Å². The molecule has 2 aromatic carbocycles. The van der Waals surface area contributed by atoms with Crippen LogP contribution < -0.4 is 0 Å². The molecule has 0 bridgehead atoms. The first-order valence-electron chi connectivity index (χ1n) is 6.80. The highest BCUT2D eigenvalue weighted by Gasteiger charge is 2.24. The standard InChI is InChI=1S/C17H11Br2NO4S/c1-24-17(21)12-4-2-11(3-5-12)8-14(10-20)25(22,23)16-9-13(18)6-7-15(16)19/h2-9H,1H3/b14-8+. The second kappa shape index (κ2) is 7.95. The zero-order valence-electron chi connectivity index (χ0n) is 12.9. The van der Waals surface area contributed by atoms with Gasteiger partial charge >= 0.3 is 5.97 Å². The van der Waals surface area contributed by atoms with Crippen LogP contribution in [-0.4, -0.2) is 21.5 Å². The molecule has 0 aromatic heterocycles. The third-order valence-corrected chi connectivity index (χ3v) is 6.36. The van der Waals surface area contributed by atoms with E-state index in [-0.39, 0.29) is 4.90 Å². The van der Waals surface area contributed by atoms with E-state index in [2.05, 4.69) is 36.6 Å². The van der Waals surface area contributed by atoms with Crippen LogP contribution >= 0.6 is 31.9 Å². The minimum atomic E-state index is -4.00. The second-order valence-corrected chi connectivity index (χ2v) is 8.47. The quantitative estimate of drug-likeness (QED) is 0.476. The molecule has 0 fully saturated rings. The smallest absolute Gasteiger partial charge is 0.337 e. The highest BCUT2D eigenvalue weighted by Crippen LogP contribution is 2.30. The topological polar surface area (TPSA) is 84.2 Å². The fraction of sp³-hybridized carbons (Fsp3) is 0.0588. The minimum Gasteiger partial charge on any atom is -0.465 e. The van der Waals surface area contributed by atoms with Gasteiger partial charge in [0.05, 0.1) is 17.6 Å². The lowest BCUT2D eigenvalue weighted by atomic mass is 10.1. The number of methoxy groups -OCH3 is 1. The molecule has 0 N–H and O–H groups in total. The number of hydrogen-bond acceptors (Lipinski definition) is 5. The van der Waals surface area contributed by atoms with Crippen molar-refractivity contribution in [2.75, 3.05) is 7.11 Å². The molecule has 0 aliphatic rings. The van der Waals surface area contributed by atoms with Crippen LogP contribution in [0, 0.1) is 11.3 Å². The van der Waals surface area contributed by atoms with E-state index < -0.39 is 20.7 Å². The summed E-state index contributed by atoms with van der Waals surface area (Å²) in [5, 5.41) is 9.33. The Kier molecular flexibility index (Phi) is 6.16. The molecule has 0 saturated heterocycles. The van der Waals surface area contributed by atoms with Crippen LogP contribution in [-0.2, 0) is 14.6 Å². The molecule has 0 spiro atoms. The normalized spacial score (nSPS) is 11.7. The van der Waals surface area contributed by atoms with Crippen LogP contribution in [0.2, 0.25) is 0 Å². The fourth-order valence-electron chi connectivity index (χ4n) is 1.96. The van der Waals surface area contributed by atoms with Crippen molar-refractivity contribution in [2.45, 2.75) is 4.90 Å². The number of carbonyl (C=O) groups is 1. The van der Waals surface area contributed by atoms with Crippen molar-refractivity contribution in [3.8, 4) is 6.07 Å². The number of hydrogen-bond donors (Lipinski definition) is 0. The first kappa shape index (κ1) is 19.4. The average molecular weight is 485 g/mol. The molecule has 0 amide bonds. The Balaban J connectivity index is 2.48. The Hall–Kier alpha value is -1.95. The highest BCUT2D eigenvalue weighted by atomic mass is 79.9. The Bertz CT molecular complexity index is 990. The molecular weight excluding hydrogens is 474 g/mol. The number of rotatable bonds is 4. The molecule has 0 aliphatic heterocycles. The fourth-order valence-corrected chi connectivity index (χ4v) is 4.61. The largest absolute Gasteiger partial charge is 0.465 e. The number of ether oxygens (including phenoxy) is 1. The summed E-state index contributed by atoms with van der Waals surface area (Å²) in [4.78, 5) is 11.0. The van der Waals surface area contributed by atoms with Gasteiger partial charge < -0.3 is 4.74 Å². The van der Waals surface area contributed by atoms with Crippen molar-refractivity contribution in [3.63, 3.8) is 0 Å². The maximum absolute atomic E-state index is 12.7. The van der Waals surface area contributed by atoms with Crippen molar-refractivity contribution in [1.29, 1.82) is 5.26 Å². The molecule has 0 atom stereocenters. The number of benzene rings is 2. The zero-order valence-corrected chi connectivity index (χ0v) is 16.9. The summed E-state index contributed by atoms with van der Waals surface area (Å²) in [7, 11) is -2.73. The van der Waals surface area contributed by atoms with Crippen LogP contribution in [0.4, 0.5) is 0 Å². The van der Waals surface area contributed by atoms with Crippen LogP contribution in [0.3, 0.4) is 0 Å². The van der Waals surface area contributed by atoms with Crippen LogP contribution in [0.25, 0.3) is 6.08 Å². The van der Waals surface area contributed by atoms with Gasteiger partial charge in [0.2, 0.25) is 9.84 Å². The number of nitrogens with zero attached hydrogens (tertiary/aromatic N) is 1. The number of esters is 1. The van der Waals surface area contributed by atoms with Gasteiger partial charge in [-0.05, 0) is 57.9 Å². The van der Waals surface area contributed by atoms with E-state index in [0.717, 1.165) is 0 Å². The number of nitriles is 1. The van der Waals surface area contributed by atoms with Crippen molar-refractivity contribution < 1.29 is 17.9 Å². The molecule has 8 heteroatoms. The summed E-state index contributed by atoms with van der Waals surface area (Å²) in [5.74, 6) is -0.498.